The van der Waals surface area contributed by atoms with Crippen molar-refractivity contribution in [2.75, 3.05) is 0 Å². The van der Waals surface area contributed by atoms with Crippen LogP contribution in [-0.4, -0.2) is 31.0 Å². The SMILES string of the molecule is CC(=O)SC(CC(=O)O)n1c(O)ccc1O. The van der Waals surface area contributed by atoms with Crippen LogP contribution in [-0.2, 0) is 9.59 Å². The highest BCUT2D eigenvalue weighted by atomic mass is 32.2. The number of carbonyl (C=O) groups is 2. The van der Waals surface area contributed by atoms with Gasteiger partial charge in [-0.05, 0) is 0 Å². The van der Waals surface area contributed by atoms with Gasteiger partial charge in [0.05, 0.1) is 6.42 Å². The lowest BCUT2D eigenvalue weighted by Gasteiger charge is -2.16. The fourth-order valence-corrected chi connectivity index (χ4v) is 2.18. The van der Waals surface area contributed by atoms with Gasteiger partial charge < -0.3 is 15.3 Å². The first-order chi connectivity index (χ1) is 7.41. The summed E-state index contributed by atoms with van der Waals surface area (Å²) in [4.78, 5) is 21.6. The van der Waals surface area contributed by atoms with Crippen LogP contribution in [0, 0.1) is 0 Å². The van der Waals surface area contributed by atoms with E-state index in [1.165, 1.54) is 19.1 Å². The van der Waals surface area contributed by atoms with Crippen LogP contribution in [0.5, 0.6) is 11.8 Å². The second-order valence-electron chi connectivity index (χ2n) is 3.08. The summed E-state index contributed by atoms with van der Waals surface area (Å²) in [5.41, 5.74) is 0. The van der Waals surface area contributed by atoms with Crippen molar-refractivity contribution in [2.45, 2.75) is 18.7 Å². The summed E-state index contributed by atoms with van der Waals surface area (Å²) in [6, 6.07) is 2.45. The van der Waals surface area contributed by atoms with Gasteiger partial charge in [0, 0.05) is 19.1 Å². The maximum Gasteiger partial charge on any atom is 0.306 e. The Morgan fingerprint density at radius 1 is 1.38 bits per heavy atom. The van der Waals surface area contributed by atoms with Gasteiger partial charge in [0.1, 0.15) is 5.37 Å². The van der Waals surface area contributed by atoms with Crippen molar-refractivity contribution in [3.8, 4) is 11.8 Å². The van der Waals surface area contributed by atoms with Crippen LogP contribution in [0.4, 0.5) is 0 Å². The van der Waals surface area contributed by atoms with Crippen LogP contribution in [0.2, 0.25) is 0 Å². The zero-order valence-electron chi connectivity index (χ0n) is 8.45. The quantitative estimate of drug-likeness (QED) is 0.735. The van der Waals surface area contributed by atoms with Gasteiger partial charge in [-0.3, -0.25) is 14.2 Å². The molecule has 0 aromatic carbocycles. The first kappa shape index (κ1) is 12.4. The van der Waals surface area contributed by atoms with Crippen molar-refractivity contribution in [1.29, 1.82) is 0 Å². The van der Waals surface area contributed by atoms with Crippen LogP contribution >= 0.6 is 11.8 Å². The van der Waals surface area contributed by atoms with Gasteiger partial charge in [-0.15, -0.1) is 0 Å². The summed E-state index contributed by atoms with van der Waals surface area (Å²) in [5, 5.41) is 26.4. The number of hydrogen-bond donors (Lipinski definition) is 3. The molecule has 16 heavy (non-hydrogen) atoms. The fraction of sp³-hybridized carbons (Fsp3) is 0.333. The molecule has 0 aliphatic carbocycles. The first-order valence-electron chi connectivity index (χ1n) is 4.40. The van der Waals surface area contributed by atoms with E-state index in [0.717, 1.165) is 16.3 Å². The molecule has 0 bridgehead atoms. The number of aliphatic carboxylic acids is 1. The van der Waals surface area contributed by atoms with Crippen LogP contribution in [0.1, 0.15) is 18.7 Å². The molecule has 0 aliphatic rings. The average Bonchev–Trinajstić information content (AvgIpc) is 2.43. The Labute approximate surface area is 95.5 Å². The molecule has 1 rings (SSSR count). The van der Waals surface area contributed by atoms with E-state index in [9.17, 15) is 19.8 Å². The van der Waals surface area contributed by atoms with Gasteiger partial charge in [-0.1, -0.05) is 11.8 Å². The molecule has 1 heterocycles. The van der Waals surface area contributed by atoms with Crippen molar-refractivity contribution in [3.63, 3.8) is 0 Å². The van der Waals surface area contributed by atoms with E-state index in [0.29, 0.717) is 0 Å². The molecular weight excluding hydrogens is 234 g/mol. The fourth-order valence-electron chi connectivity index (χ4n) is 1.25. The molecule has 7 heteroatoms. The molecule has 0 saturated carbocycles. The minimum Gasteiger partial charge on any atom is -0.494 e. The molecule has 0 fully saturated rings. The molecular formula is C9H11NO5S. The van der Waals surface area contributed by atoms with Crippen molar-refractivity contribution in [1.82, 2.24) is 4.57 Å². The molecule has 6 nitrogen and oxygen atoms in total. The highest BCUT2D eigenvalue weighted by Crippen LogP contribution is 2.35. The smallest absolute Gasteiger partial charge is 0.306 e. The van der Waals surface area contributed by atoms with Crippen molar-refractivity contribution in [2.24, 2.45) is 0 Å². The number of hydrogen-bond acceptors (Lipinski definition) is 5. The summed E-state index contributed by atoms with van der Waals surface area (Å²) in [6.45, 7) is 1.29. The third-order valence-corrected chi connectivity index (χ3v) is 2.80. The highest BCUT2D eigenvalue weighted by Gasteiger charge is 2.22. The Balaban J connectivity index is 3.00. The Kier molecular flexibility index (Phi) is 3.83. The summed E-state index contributed by atoms with van der Waals surface area (Å²) >= 11 is 0.737. The predicted octanol–water partition coefficient (Wildman–Crippen LogP) is 1.15. The molecule has 0 spiro atoms. The number of carboxylic acids is 1. The van der Waals surface area contributed by atoms with Gasteiger partial charge in [-0.2, -0.15) is 0 Å². The number of thioether (sulfide) groups is 1. The lowest BCUT2D eigenvalue weighted by molar-refractivity contribution is -0.137. The van der Waals surface area contributed by atoms with Gasteiger partial charge in [0.25, 0.3) is 0 Å². The lowest BCUT2D eigenvalue weighted by Crippen LogP contribution is -2.11. The van der Waals surface area contributed by atoms with Gasteiger partial charge in [-0.25, -0.2) is 0 Å². The largest absolute Gasteiger partial charge is 0.494 e. The maximum absolute atomic E-state index is 10.9. The second-order valence-corrected chi connectivity index (χ2v) is 4.44. The van der Waals surface area contributed by atoms with E-state index in [1.54, 1.807) is 0 Å². The van der Waals surface area contributed by atoms with E-state index in [-0.39, 0.29) is 23.3 Å². The summed E-state index contributed by atoms with van der Waals surface area (Å²) < 4.78 is 1.00. The van der Waals surface area contributed by atoms with Crippen molar-refractivity contribution >= 4 is 22.8 Å². The molecule has 1 unspecified atom stereocenters. The number of rotatable bonds is 4. The number of aromatic hydroxyl groups is 2. The second kappa shape index (κ2) is 4.93. The van der Waals surface area contributed by atoms with Gasteiger partial charge in [0.2, 0.25) is 0 Å². The van der Waals surface area contributed by atoms with E-state index in [4.69, 9.17) is 5.11 Å². The molecule has 1 aromatic rings. The first-order valence-corrected chi connectivity index (χ1v) is 5.28. The molecule has 0 radical (unpaired) electrons. The Hall–Kier alpha value is -1.63. The normalized spacial score (nSPS) is 12.3. The van der Waals surface area contributed by atoms with Gasteiger partial charge in [0.15, 0.2) is 16.9 Å². The summed E-state index contributed by atoms with van der Waals surface area (Å²) in [5.74, 6) is -1.68. The predicted molar refractivity (Wildman–Crippen MR) is 57.3 cm³/mol. The van der Waals surface area contributed by atoms with Crippen molar-refractivity contribution in [3.05, 3.63) is 12.1 Å². The zero-order valence-corrected chi connectivity index (χ0v) is 9.27. The molecule has 88 valence electrons. The van der Waals surface area contributed by atoms with Crippen molar-refractivity contribution < 1.29 is 24.9 Å². The minimum atomic E-state index is -1.12. The Morgan fingerprint density at radius 3 is 2.25 bits per heavy atom. The number of nitrogens with zero attached hydrogens (tertiary/aromatic N) is 1. The summed E-state index contributed by atoms with van der Waals surface area (Å²) in [7, 11) is 0. The van der Waals surface area contributed by atoms with E-state index < -0.39 is 11.3 Å². The zero-order chi connectivity index (χ0) is 12.3. The molecule has 3 N–H and O–H groups in total. The van der Waals surface area contributed by atoms with E-state index >= 15 is 0 Å². The third kappa shape index (κ3) is 2.93. The minimum absolute atomic E-state index is 0.280. The number of aromatic nitrogens is 1. The Morgan fingerprint density at radius 2 is 1.88 bits per heavy atom. The monoisotopic (exact) mass is 245 g/mol. The molecule has 1 atom stereocenters. The molecule has 0 amide bonds. The molecule has 0 saturated heterocycles. The van der Waals surface area contributed by atoms with Gasteiger partial charge >= 0.3 is 5.97 Å². The Bertz CT molecular complexity index is 379. The maximum atomic E-state index is 10.9. The van der Waals surface area contributed by atoms with Crippen LogP contribution in [0.3, 0.4) is 0 Å². The number of carboxylic acid groups (broad SMARTS) is 1. The summed E-state index contributed by atoms with van der Waals surface area (Å²) in [6.07, 6.45) is -0.375. The van der Waals surface area contributed by atoms with Crippen LogP contribution < -0.4 is 0 Å². The molecule has 0 aliphatic heterocycles. The van der Waals surface area contributed by atoms with Crippen LogP contribution in [0.15, 0.2) is 12.1 Å². The van der Waals surface area contributed by atoms with E-state index in [1.807, 2.05) is 0 Å². The lowest BCUT2D eigenvalue weighted by atomic mass is 10.4. The average molecular weight is 245 g/mol. The third-order valence-electron chi connectivity index (χ3n) is 1.81. The van der Waals surface area contributed by atoms with Crippen LogP contribution in [0.25, 0.3) is 0 Å². The number of carbonyl (C=O) groups excluding carboxylic acids is 1. The standard InChI is InChI=1S/C9H11NO5S/c1-5(11)16-8(4-9(14)15)10-6(12)2-3-7(10)13/h2-3,8,12-13H,4H2,1H3,(H,14,15). The molecule has 1 aromatic heterocycles. The van der Waals surface area contributed by atoms with E-state index in [2.05, 4.69) is 0 Å². The highest BCUT2D eigenvalue weighted by molar-refractivity contribution is 8.13. The topological polar surface area (TPSA) is 99.8 Å².